The number of ether oxygens (including phenoxy) is 1. The molecule has 0 saturated carbocycles. The molecule has 0 aliphatic heterocycles. The molecule has 8 heteroatoms. The number of amides is 1. The van der Waals surface area contributed by atoms with E-state index in [1.807, 2.05) is 0 Å². The molecule has 22 heavy (non-hydrogen) atoms. The summed E-state index contributed by atoms with van der Waals surface area (Å²) in [4.78, 5) is 27.4. The Morgan fingerprint density at radius 3 is 2.36 bits per heavy atom. The minimum atomic E-state index is -0.783. The molecule has 1 aromatic carbocycles. The molecule has 0 bridgehead atoms. The summed E-state index contributed by atoms with van der Waals surface area (Å²) in [6, 6.07) is 7.69. The molecule has 0 saturated heterocycles. The molecule has 2 aromatic rings. The van der Waals surface area contributed by atoms with Crippen molar-refractivity contribution in [2.24, 2.45) is 0 Å². The van der Waals surface area contributed by atoms with Gasteiger partial charge in [0.25, 0.3) is 5.91 Å². The summed E-state index contributed by atoms with van der Waals surface area (Å²) in [5.41, 5.74) is 0.0169. The number of rotatable bonds is 4. The van der Waals surface area contributed by atoms with Gasteiger partial charge in [0.15, 0.2) is 6.61 Å². The fourth-order valence-corrected chi connectivity index (χ4v) is 2.19. The Hall–Kier alpha value is -1.82. The Balaban J connectivity index is 1.93. The van der Waals surface area contributed by atoms with E-state index in [1.54, 1.807) is 12.1 Å². The molecule has 0 spiro atoms. The van der Waals surface area contributed by atoms with Crippen molar-refractivity contribution in [2.45, 2.75) is 0 Å². The molecule has 0 radical (unpaired) electrons. The molecular formula is C14H9Cl3N2O3. The second-order valence-electron chi connectivity index (χ2n) is 4.08. The average molecular weight is 360 g/mol. The number of esters is 1. The number of carbonyl (C=O) groups excluding carboxylic acids is 2. The van der Waals surface area contributed by atoms with Gasteiger partial charge in [0, 0.05) is 6.20 Å². The zero-order chi connectivity index (χ0) is 16.1. The third-order valence-electron chi connectivity index (χ3n) is 2.50. The number of hydrogen-bond acceptors (Lipinski definition) is 4. The van der Waals surface area contributed by atoms with Gasteiger partial charge in [-0.3, -0.25) is 4.79 Å². The van der Waals surface area contributed by atoms with Crippen LogP contribution in [0.15, 0.2) is 36.5 Å². The van der Waals surface area contributed by atoms with Crippen LogP contribution >= 0.6 is 34.8 Å². The Morgan fingerprint density at radius 2 is 1.77 bits per heavy atom. The molecule has 5 nitrogen and oxygen atoms in total. The third kappa shape index (κ3) is 4.34. The molecular weight excluding hydrogens is 351 g/mol. The standard InChI is InChI=1S/C14H9Cl3N2O3/c15-8-4-5-11(18-6-8)19-12(20)7-22-14(21)13-9(16)2-1-3-10(13)17/h1-6H,7H2,(H,18,19,20). The van der Waals surface area contributed by atoms with Gasteiger partial charge in [-0.2, -0.15) is 0 Å². The first-order valence-electron chi connectivity index (χ1n) is 6.00. The molecule has 0 atom stereocenters. The Morgan fingerprint density at radius 1 is 1.09 bits per heavy atom. The zero-order valence-corrected chi connectivity index (χ0v) is 13.2. The highest BCUT2D eigenvalue weighted by Gasteiger charge is 2.17. The van der Waals surface area contributed by atoms with Gasteiger partial charge >= 0.3 is 5.97 Å². The molecule has 0 aliphatic carbocycles. The zero-order valence-electron chi connectivity index (χ0n) is 11.0. The van der Waals surface area contributed by atoms with Crippen molar-refractivity contribution in [3.8, 4) is 0 Å². The van der Waals surface area contributed by atoms with Crippen LogP contribution < -0.4 is 5.32 Å². The number of nitrogens with zero attached hydrogens (tertiary/aromatic N) is 1. The van der Waals surface area contributed by atoms with E-state index in [0.29, 0.717) is 10.8 Å². The normalized spacial score (nSPS) is 10.1. The van der Waals surface area contributed by atoms with Gasteiger partial charge in [-0.1, -0.05) is 40.9 Å². The van der Waals surface area contributed by atoms with E-state index in [0.717, 1.165) is 0 Å². The molecule has 114 valence electrons. The van der Waals surface area contributed by atoms with E-state index in [1.165, 1.54) is 24.4 Å². The smallest absolute Gasteiger partial charge is 0.341 e. The van der Waals surface area contributed by atoms with Gasteiger partial charge in [0.05, 0.1) is 20.6 Å². The predicted octanol–water partition coefficient (Wildman–Crippen LogP) is 3.84. The quantitative estimate of drug-likeness (QED) is 0.842. The van der Waals surface area contributed by atoms with Crippen LogP contribution in [0, 0.1) is 0 Å². The van der Waals surface area contributed by atoms with E-state index in [9.17, 15) is 9.59 Å². The number of nitrogens with one attached hydrogen (secondary N) is 1. The number of hydrogen-bond donors (Lipinski definition) is 1. The lowest BCUT2D eigenvalue weighted by Crippen LogP contribution is -2.21. The van der Waals surface area contributed by atoms with E-state index in [-0.39, 0.29) is 15.6 Å². The van der Waals surface area contributed by atoms with Crippen LogP contribution in [0.2, 0.25) is 15.1 Å². The second-order valence-corrected chi connectivity index (χ2v) is 5.33. The van der Waals surface area contributed by atoms with Crippen LogP contribution in [-0.2, 0) is 9.53 Å². The van der Waals surface area contributed by atoms with Crippen molar-refractivity contribution >= 4 is 52.5 Å². The third-order valence-corrected chi connectivity index (χ3v) is 3.35. The summed E-state index contributed by atoms with van der Waals surface area (Å²) in [5, 5.41) is 3.20. The number of benzene rings is 1. The fraction of sp³-hybridized carbons (Fsp3) is 0.0714. The molecule has 1 heterocycles. The van der Waals surface area contributed by atoms with E-state index < -0.39 is 18.5 Å². The Labute approximate surface area is 141 Å². The van der Waals surface area contributed by atoms with Crippen molar-refractivity contribution in [1.29, 1.82) is 0 Å². The first kappa shape index (κ1) is 16.5. The van der Waals surface area contributed by atoms with Gasteiger partial charge in [-0.15, -0.1) is 0 Å². The lowest BCUT2D eigenvalue weighted by molar-refractivity contribution is -0.119. The highest BCUT2D eigenvalue weighted by molar-refractivity contribution is 6.39. The maximum absolute atomic E-state index is 11.9. The summed E-state index contributed by atoms with van der Waals surface area (Å²) >= 11 is 17.4. The fourth-order valence-electron chi connectivity index (χ4n) is 1.52. The number of carbonyl (C=O) groups is 2. The maximum atomic E-state index is 11.9. The number of anilines is 1. The van der Waals surface area contributed by atoms with E-state index in [2.05, 4.69) is 10.3 Å². The topological polar surface area (TPSA) is 68.3 Å². The summed E-state index contributed by atoms with van der Waals surface area (Å²) in [7, 11) is 0. The molecule has 0 fully saturated rings. The highest BCUT2D eigenvalue weighted by Crippen LogP contribution is 2.24. The lowest BCUT2D eigenvalue weighted by atomic mass is 10.2. The molecule has 1 aromatic heterocycles. The predicted molar refractivity (Wildman–Crippen MR) is 84.6 cm³/mol. The van der Waals surface area contributed by atoms with Crippen molar-refractivity contribution in [3.63, 3.8) is 0 Å². The molecule has 0 aliphatic rings. The number of pyridine rings is 1. The largest absolute Gasteiger partial charge is 0.452 e. The van der Waals surface area contributed by atoms with Gasteiger partial charge < -0.3 is 10.1 Å². The molecule has 1 amide bonds. The van der Waals surface area contributed by atoms with Crippen LogP contribution in [-0.4, -0.2) is 23.5 Å². The van der Waals surface area contributed by atoms with E-state index >= 15 is 0 Å². The first-order chi connectivity index (χ1) is 10.5. The van der Waals surface area contributed by atoms with Crippen molar-refractivity contribution in [2.75, 3.05) is 11.9 Å². The van der Waals surface area contributed by atoms with Crippen LogP contribution in [0.25, 0.3) is 0 Å². The average Bonchev–Trinajstić information content (AvgIpc) is 2.47. The van der Waals surface area contributed by atoms with E-state index in [4.69, 9.17) is 39.5 Å². The summed E-state index contributed by atoms with van der Waals surface area (Å²) in [6.45, 7) is -0.495. The van der Waals surface area contributed by atoms with Gasteiger partial charge in [-0.25, -0.2) is 9.78 Å². The Bertz CT molecular complexity index is 685. The maximum Gasteiger partial charge on any atom is 0.341 e. The van der Waals surface area contributed by atoms with Crippen LogP contribution in [0.3, 0.4) is 0 Å². The summed E-state index contributed by atoms with van der Waals surface area (Å²) in [6.07, 6.45) is 1.38. The number of aromatic nitrogens is 1. The minimum Gasteiger partial charge on any atom is -0.452 e. The molecule has 1 N–H and O–H groups in total. The highest BCUT2D eigenvalue weighted by atomic mass is 35.5. The van der Waals surface area contributed by atoms with Gasteiger partial charge in [0.1, 0.15) is 5.82 Å². The van der Waals surface area contributed by atoms with Crippen molar-refractivity contribution in [1.82, 2.24) is 4.98 Å². The second kappa shape index (κ2) is 7.45. The lowest BCUT2D eigenvalue weighted by Gasteiger charge is -2.08. The van der Waals surface area contributed by atoms with Crippen LogP contribution in [0.1, 0.15) is 10.4 Å². The van der Waals surface area contributed by atoms with Gasteiger partial charge in [0.2, 0.25) is 0 Å². The molecule has 2 rings (SSSR count). The molecule has 0 unspecified atom stereocenters. The Kier molecular flexibility index (Phi) is 5.60. The van der Waals surface area contributed by atoms with Crippen molar-refractivity contribution < 1.29 is 14.3 Å². The number of halogens is 3. The van der Waals surface area contributed by atoms with Crippen LogP contribution in [0.5, 0.6) is 0 Å². The monoisotopic (exact) mass is 358 g/mol. The summed E-state index contributed by atoms with van der Waals surface area (Å²) in [5.74, 6) is -1.04. The minimum absolute atomic E-state index is 0.0169. The summed E-state index contributed by atoms with van der Waals surface area (Å²) < 4.78 is 4.87. The van der Waals surface area contributed by atoms with Gasteiger partial charge in [-0.05, 0) is 24.3 Å². The first-order valence-corrected chi connectivity index (χ1v) is 7.13. The van der Waals surface area contributed by atoms with Crippen LogP contribution in [0.4, 0.5) is 5.82 Å². The SMILES string of the molecule is O=C(COC(=O)c1c(Cl)cccc1Cl)Nc1ccc(Cl)cn1. The van der Waals surface area contributed by atoms with Crippen molar-refractivity contribution in [3.05, 3.63) is 57.2 Å².